The lowest BCUT2D eigenvalue weighted by molar-refractivity contribution is 0.530. The van der Waals surface area contributed by atoms with Crippen LogP contribution in [0.5, 0.6) is 0 Å². The van der Waals surface area contributed by atoms with E-state index in [-0.39, 0.29) is 0 Å². The summed E-state index contributed by atoms with van der Waals surface area (Å²) in [5.41, 5.74) is 0. The third kappa shape index (κ3) is 22.2. The number of rotatable bonds is 19. The first-order valence-corrected chi connectivity index (χ1v) is 14.1. The van der Waals surface area contributed by atoms with Crippen molar-refractivity contribution in [1.82, 2.24) is 0 Å². The van der Waals surface area contributed by atoms with Gasteiger partial charge in [-0.1, -0.05) is 122 Å². The fraction of sp³-hybridized carbons (Fsp3) is 0.909. The highest BCUT2D eigenvalue weighted by atomic mass is 35.6. The number of halogens is 1. The molecule has 0 amide bonds. The molecule has 0 unspecified atom stereocenters. The molecule has 0 heterocycles. The van der Waals surface area contributed by atoms with Crippen LogP contribution in [-0.4, -0.2) is 8.11 Å². The van der Waals surface area contributed by atoms with E-state index in [0.29, 0.717) is 0 Å². The molecule has 0 saturated heterocycles. The monoisotopic (exact) mass is 371 g/mol. The second-order valence-corrected chi connectivity index (χ2v) is 11.1. The molecule has 0 atom stereocenters. The topological polar surface area (TPSA) is 0 Å². The van der Waals surface area contributed by atoms with Gasteiger partial charge in [0.05, 0.1) is 0 Å². The standard InChI is InChI=1S/C22H44ClSi/c1-3-4-5-6-7-8-9-10-11-12-13-14-15-16-17-18-19-20-21-22-24(2)23/h20-21H,3-19,22H2,1-2H3/b21-20+. The lowest BCUT2D eigenvalue weighted by Gasteiger charge is -2.03. The van der Waals surface area contributed by atoms with Crippen molar-refractivity contribution in [3.05, 3.63) is 12.2 Å². The fourth-order valence-corrected chi connectivity index (χ4v) is 3.93. The van der Waals surface area contributed by atoms with E-state index in [0.717, 1.165) is 6.04 Å². The first kappa shape index (κ1) is 24.2. The van der Waals surface area contributed by atoms with Crippen molar-refractivity contribution in [3.63, 3.8) is 0 Å². The Balaban J connectivity index is 3.01. The van der Waals surface area contributed by atoms with E-state index in [9.17, 15) is 0 Å². The molecule has 0 N–H and O–H groups in total. The van der Waals surface area contributed by atoms with Crippen molar-refractivity contribution in [3.8, 4) is 0 Å². The summed E-state index contributed by atoms with van der Waals surface area (Å²) in [4.78, 5) is 0. The Bertz CT molecular complexity index is 250. The largest absolute Gasteiger partial charge is 0.169 e. The fourth-order valence-electron chi connectivity index (χ4n) is 3.17. The quantitative estimate of drug-likeness (QED) is 0.0918. The summed E-state index contributed by atoms with van der Waals surface area (Å²) < 4.78 is 0. The van der Waals surface area contributed by atoms with Gasteiger partial charge >= 0.3 is 0 Å². The molecule has 0 fully saturated rings. The molecule has 0 aromatic rings. The van der Waals surface area contributed by atoms with Crippen LogP contribution in [0.4, 0.5) is 0 Å². The second-order valence-electron chi connectivity index (χ2n) is 7.44. The van der Waals surface area contributed by atoms with Crippen molar-refractivity contribution >= 4 is 19.2 Å². The molecule has 0 aromatic carbocycles. The third-order valence-corrected chi connectivity index (χ3v) is 6.05. The average molecular weight is 372 g/mol. The van der Waals surface area contributed by atoms with Gasteiger partial charge in [-0.2, -0.15) is 11.1 Å². The maximum Gasteiger partial charge on any atom is 0.166 e. The van der Waals surface area contributed by atoms with E-state index in [4.69, 9.17) is 11.1 Å². The summed E-state index contributed by atoms with van der Waals surface area (Å²) in [6.07, 6.45) is 29.0. The molecule has 0 aliphatic carbocycles. The van der Waals surface area contributed by atoms with Crippen LogP contribution in [0.15, 0.2) is 12.2 Å². The predicted molar refractivity (Wildman–Crippen MR) is 116 cm³/mol. The highest BCUT2D eigenvalue weighted by Gasteiger charge is 1.95. The summed E-state index contributed by atoms with van der Waals surface area (Å²) in [5.74, 6) is 0. The van der Waals surface area contributed by atoms with E-state index in [1.54, 1.807) is 0 Å². The van der Waals surface area contributed by atoms with Crippen molar-refractivity contribution < 1.29 is 0 Å². The molecule has 0 saturated carbocycles. The summed E-state index contributed by atoms with van der Waals surface area (Å²) in [7, 11) is -0.571. The van der Waals surface area contributed by atoms with Crippen LogP contribution in [0.1, 0.15) is 116 Å². The number of hydrogen-bond acceptors (Lipinski definition) is 0. The maximum atomic E-state index is 6.01. The molecule has 0 rings (SSSR count). The zero-order chi connectivity index (χ0) is 17.7. The van der Waals surface area contributed by atoms with Gasteiger partial charge in [-0.3, -0.25) is 0 Å². The first-order valence-electron chi connectivity index (χ1n) is 10.9. The predicted octanol–water partition coefficient (Wildman–Crippen LogP) is 9.05. The summed E-state index contributed by atoms with van der Waals surface area (Å²) >= 11 is 6.01. The molecule has 24 heavy (non-hydrogen) atoms. The van der Waals surface area contributed by atoms with Gasteiger partial charge in [0.2, 0.25) is 0 Å². The van der Waals surface area contributed by atoms with E-state index >= 15 is 0 Å². The van der Waals surface area contributed by atoms with Gasteiger partial charge in [-0.25, -0.2) is 0 Å². The lowest BCUT2D eigenvalue weighted by Crippen LogP contribution is -1.90. The zero-order valence-electron chi connectivity index (χ0n) is 16.8. The Morgan fingerprint density at radius 3 is 1.33 bits per heavy atom. The van der Waals surface area contributed by atoms with Crippen LogP contribution in [0.2, 0.25) is 12.6 Å². The van der Waals surface area contributed by atoms with Crippen molar-refractivity contribution in [2.24, 2.45) is 0 Å². The van der Waals surface area contributed by atoms with E-state index in [2.05, 4.69) is 25.6 Å². The van der Waals surface area contributed by atoms with Gasteiger partial charge in [0.1, 0.15) is 0 Å². The second kappa shape index (κ2) is 21.3. The van der Waals surface area contributed by atoms with Gasteiger partial charge in [-0.05, 0) is 18.9 Å². The zero-order valence-corrected chi connectivity index (χ0v) is 18.5. The maximum absolute atomic E-state index is 6.01. The minimum atomic E-state index is -0.571. The molecule has 0 aromatic heterocycles. The van der Waals surface area contributed by atoms with Crippen molar-refractivity contribution in [2.75, 3.05) is 0 Å². The molecular weight excluding hydrogens is 328 g/mol. The van der Waals surface area contributed by atoms with Crippen LogP contribution >= 0.6 is 11.1 Å². The molecule has 0 nitrogen and oxygen atoms in total. The van der Waals surface area contributed by atoms with Gasteiger partial charge in [-0.15, -0.1) is 0 Å². The Kier molecular flexibility index (Phi) is 21.5. The highest BCUT2D eigenvalue weighted by Crippen LogP contribution is 2.14. The van der Waals surface area contributed by atoms with E-state index in [1.165, 1.54) is 109 Å². The van der Waals surface area contributed by atoms with Gasteiger partial charge < -0.3 is 0 Å². The Hall–Kier alpha value is 0.247. The smallest absolute Gasteiger partial charge is 0.166 e. The number of allylic oxidation sites excluding steroid dienone is 2. The first-order chi connectivity index (χ1) is 11.8. The van der Waals surface area contributed by atoms with Crippen LogP contribution in [-0.2, 0) is 0 Å². The highest BCUT2D eigenvalue weighted by molar-refractivity contribution is 7.06. The summed E-state index contributed by atoms with van der Waals surface area (Å²) in [6.45, 7) is 4.45. The van der Waals surface area contributed by atoms with Crippen LogP contribution in [0.25, 0.3) is 0 Å². The molecule has 0 bridgehead atoms. The molecule has 1 radical (unpaired) electrons. The molecule has 0 aliphatic rings. The van der Waals surface area contributed by atoms with Crippen molar-refractivity contribution in [2.45, 2.75) is 129 Å². The molecule has 143 valence electrons. The molecule has 0 aliphatic heterocycles. The molecule has 2 heteroatoms. The van der Waals surface area contributed by atoms with Gasteiger partial charge in [0.15, 0.2) is 8.11 Å². The van der Waals surface area contributed by atoms with Crippen molar-refractivity contribution in [1.29, 1.82) is 0 Å². The normalized spacial score (nSPS) is 11.8. The summed E-state index contributed by atoms with van der Waals surface area (Å²) in [6, 6.07) is 1.12. The van der Waals surface area contributed by atoms with E-state index < -0.39 is 8.11 Å². The lowest BCUT2D eigenvalue weighted by atomic mass is 10.0. The average Bonchev–Trinajstić information content (AvgIpc) is 2.56. The number of unbranched alkanes of at least 4 members (excludes halogenated alkanes) is 16. The minimum Gasteiger partial charge on any atom is -0.169 e. The van der Waals surface area contributed by atoms with E-state index in [1.807, 2.05) is 0 Å². The Morgan fingerprint density at radius 1 is 0.583 bits per heavy atom. The number of hydrogen-bond donors (Lipinski definition) is 0. The van der Waals surface area contributed by atoms with Gasteiger partial charge in [0, 0.05) is 0 Å². The summed E-state index contributed by atoms with van der Waals surface area (Å²) in [5, 5.41) is 0. The van der Waals surface area contributed by atoms with Crippen LogP contribution in [0, 0.1) is 0 Å². The Morgan fingerprint density at radius 2 is 0.958 bits per heavy atom. The van der Waals surface area contributed by atoms with Crippen LogP contribution in [0.3, 0.4) is 0 Å². The van der Waals surface area contributed by atoms with Gasteiger partial charge in [0.25, 0.3) is 0 Å². The molecular formula is C22H44ClSi. The SMILES string of the molecule is CCCCCCCCCCCCCCCCCC/C=C/C[Si](C)Cl. The van der Waals surface area contributed by atoms with Crippen LogP contribution < -0.4 is 0 Å². The third-order valence-electron chi connectivity index (χ3n) is 4.79. The Labute approximate surface area is 160 Å². The minimum absolute atomic E-state index is 0.571. The molecule has 0 spiro atoms.